The largest absolute Gasteiger partial charge is 0.325 e. The Morgan fingerprint density at radius 1 is 1.03 bits per heavy atom. The molecule has 154 valence electrons. The number of rotatable bonds is 4. The van der Waals surface area contributed by atoms with Gasteiger partial charge in [-0.3, -0.25) is 4.79 Å². The second kappa shape index (κ2) is 7.89. The molecule has 29 heavy (non-hydrogen) atoms. The Morgan fingerprint density at radius 3 is 2.52 bits per heavy atom. The lowest BCUT2D eigenvalue weighted by molar-refractivity contribution is -0.895. The van der Waals surface area contributed by atoms with Crippen LogP contribution in [0.2, 0.25) is 0 Å². The Balaban J connectivity index is 1.39. The number of hydrogen-bond acceptors (Lipinski definition) is 3. The monoisotopic (exact) mass is 414 g/mol. The highest BCUT2D eigenvalue weighted by Crippen LogP contribution is 2.27. The van der Waals surface area contributed by atoms with Gasteiger partial charge in [0.1, 0.15) is 0 Å². The number of quaternary nitrogens is 1. The number of nitrogens with one attached hydrogen (secondary N) is 1. The first-order valence-electron chi connectivity index (χ1n) is 10.2. The van der Waals surface area contributed by atoms with E-state index in [9.17, 15) is 13.2 Å². The third kappa shape index (κ3) is 3.95. The highest BCUT2D eigenvalue weighted by atomic mass is 32.2. The molecule has 4 rings (SSSR count). The Bertz CT molecular complexity index is 1030. The number of piperazine rings is 1. The van der Waals surface area contributed by atoms with Crippen molar-refractivity contribution < 1.29 is 18.1 Å². The molecular weight excluding hydrogens is 386 g/mol. The summed E-state index contributed by atoms with van der Waals surface area (Å²) in [6.07, 6.45) is 0.902. The average molecular weight is 415 g/mol. The number of para-hydroxylation sites is 1. The van der Waals surface area contributed by atoms with Crippen LogP contribution in [-0.2, 0) is 21.2 Å². The van der Waals surface area contributed by atoms with Crippen LogP contribution >= 0.6 is 0 Å². The summed E-state index contributed by atoms with van der Waals surface area (Å²) in [6.45, 7) is 7.05. The quantitative estimate of drug-likeness (QED) is 0.804. The van der Waals surface area contributed by atoms with E-state index in [0.717, 1.165) is 34.7 Å². The fourth-order valence-electron chi connectivity index (χ4n) is 4.25. The molecule has 2 aromatic carbocycles. The maximum Gasteiger partial charge on any atom is 0.282 e. The molecule has 0 aromatic heterocycles. The number of nitrogens with zero attached hydrogens (tertiary/aromatic N) is 2. The summed E-state index contributed by atoms with van der Waals surface area (Å²) in [5, 5.41) is 0. The smallest absolute Gasteiger partial charge is 0.282 e. The van der Waals surface area contributed by atoms with Gasteiger partial charge in [-0.05, 0) is 49.1 Å². The first-order valence-corrected chi connectivity index (χ1v) is 11.6. The van der Waals surface area contributed by atoms with Crippen LogP contribution in [0.1, 0.15) is 16.7 Å². The van der Waals surface area contributed by atoms with E-state index in [2.05, 4.69) is 6.07 Å². The van der Waals surface area contributed by atoms with Crippen LogP contribution in [0.5, 0.6) is 0 Å². The van der Waals surface area contributed by atoms with Crippen molar-refractivity contribution in [2.75, 3.05) is 44.2 Å². The number of hydrogen-bond donors (Lipinski definition) is 1. The minimum Gasteiger partial charge on any atom is -0.325 e. The van der Waals surface area contributed by atoms with Crippen LogP contribution in [0.3, 0.4) is 0 Å². The van der Waals surface area contributed by atoms with Crippen LogP contribution in [0, 0.1) is 13.8 Å². The molecule has 0 bridgehead atoms. The van der Waals surface area contributed by atoms with Crippen LogP contribution in [0.15, 0.2) is 47.4 Å². The minimum atomic E-state index is -3.50. The maximum atomic E-state index is 13.1. The van der Waals surface area contributed by atoms with Gasteiger partial charge in [0.25, 0.3) is 5.91 Å². The number of amides is 1. The van der Waals surface area contributed by atoms with E-state index < -0.39 is 10.0 Å². The minimum absolute atomic E-state index is 0.121. The van der Waals surface area contributed by atoms with Gasteiger partial charge in [0.05, 0.1) is 31.1 Å². The number of carbonyl (C=O) groups excluding carboxylic acids is 1. The third-order valence-electron chi connectivity index (χ3n) is 5.98. The molecule has 1 amide bonds. The molecule has 7 heteroatoms. The first kappa shape index (κ1) is 20.1. The molecule has 0 saturated carbocycles. The molecule has 6 nitrogen and oxygen atoms in total. The summed E-state index contributed by atoms with van der Waals surface area (Å²) in [6, 6.07) is 13.6. The van der Waals surface area contributed by atoms with Gasteiger partial charge in [0.15, 0.2) is 6.54 Å². The second-order valence-electron chi connectivity index (χ2n) is 8.02. The molecule has 0 aliphatic carbocycles. The second-order valence-corrected chi connectivity index (χ2v) is 9.93. The van der Waals surface area contributed by atoms with Crippen molar-refractivity contribution in [2.24, 2.45) is 0 Å². The van der Waals surface area contributed by atoms with E-state index in [0.29, 0.717) is 37.6 Å². The summed E-state index contributed by atoms with van der Waals surface area (Å²) in [7, 11) is -3.50. The van der Waals surface area contributed by atoms with Gasteiger partial charge < -0.3 is 9.80 Å². The molecule has 1 fully saturated rings. The highest BCUT2D eigenvalue weighted by Gasteiger charge is 2.33. The molecule has 1 saturated heterocycles. The van der Waals surface area contributed by atoms with Gasteiger partial charge in [-0.2, -0.15) is 4.31 Å². The molecule has 0 atom stereocenters. The van der Waals surface area contributed by atoms with E-state index in [1.54, 1.807) is 10.4 Å². The number of anilines is 1. The maximum absolute atomic E-state index is 13.1. The molecular formula is C22H28N3O3S+. The zero-order valence-electron chi connectivity index (χ0n) is 17.0. The van der Waals surface area contributed by atoms with Crippen molar-refractivity contribution in [1.29, 1.82) is 0 Å². The number of benzene rings is 2. The molecule has 2 aromatic rings. The number of carbonyl (C=O) groups is 1. The van der Waals surface area contributed by atoms with E-state index in [-0.39, 0.29) is 5.91 Å². The van der Waals surface area contributed by atoms with Crippen LogP contribution in [-0.4, -0.2) is 57.9 Å². The van der Waals surface area contributed by atoms with E-state index >= 15 is 0 Å². The predicted octanol–water partition coefficient (Wildman–Crippen LogP) is 0.782. The Labute approximate surface area is 172 Å². The lowest BCUT2D eigenvalue weighted by Crippen LogP contribution is -3.15. The van der Waals surface area contributed by atoms with Crippen LogP contribution in [0.25, 0.3) is 0 Å². The van der Waals surface area contributed by atoms with Gasteiger partial charge >= 0.3 is 0 Å². The third-order valence-corrected chi connectivity index (χ3v) is 8.02. The highest BCUT2D eigenvalue weighted by molar-refractivity contribution is 7.89. The number of sulfonamides is 1. The Kier molecular flexibility index (Phi) is 5.46. The molecule has 2 aliphatic rings. The zero-order valence-corrected chi connectivity index (χ0v) is 17.8. The van der Waals surface area contributed by atoms with Crippen molar-refractivity contribution in [2.45, 2.75) is 25.2 Å². The van der Waals surface area contributed by atoms with Gasteiger partial charge in [-0.25, -0.2) is 8.42 Å². The first-order chi connectivity index (χ1) is 13.9. The Hall–Kier alpha value is -2.22. The summed E-state index contributed by atoms with van der Waals surface area (Å²) >= 11 is 0. The fraction of sp³-hybridized carbons (Fsp3) is 0.409. The lowest BCUT2D eigenvalue weighted by Gasteiger charge is -2.32. The summed E-state index contributed by atoms with van der Waals surface area (Å²) in [5.41, 5.74) is 3.96. The molecule has 2 aliphatic heterocycles. The van der Waals surface area contributed by atoms with Crippen LogP contribution in [0.4, 0.5) is 5.69 Å². The van der Waals surface area contributed by atoms with Crippen molar-refractivity contribution in [3.05, 3.63) is 59.2 Å². The normalized spacial score (nSPS) is 18.1. The fourth-order valence-corrected chi connectivity index (χ4v) is 6.00. The van der Waals surface area contributed by atoms with Crippen molar-refractivity contribution in [1.82, 2.24) is 4.31 Å². The van der Waals surface area contributed by atoms with E-state index in [4.69, 9.17) is 0 Å². The van der Waals surface area contributed by atoms with Crippen molar-refractivity contribution in [3.63, 3.8) is 0 Å². The number of aryl methyl sites for hydroxylation is 2. The average Bonchev–Trinajstić information content (AvgIpc) is 3.14. The summed E-state index contributed by atoms with van der Waals surface area (Å²) < 4.78 is 27.7. The van der Waals surface area contributed by atoms with Gasteiger partial charge in [-0.15, -0.1) is 0 Å². The zero-order chi connectivity index (χ0) is 20.6. The standard InChI is InChI=1S/C22H27N3O3S/c1-17-7-8-18(2)21(15-17)29(27,28)24-13-11-23(12-14-24)16-22(26)25-10-9-19-5-3-4-6-20(19)25/h3-8,15H,9-14,16H2,1-2H3/p+1. The molecule has 2 heterocycles. The summed E-state index contributed by atoms with van der Waals surface area (Å²) in [4.78, 5) is 16.2. The number of fused-ring (bicyclic) bond motifs is 1. The van der Waals surface area contributed by atoms with Gasteiger partial charge in [0, 0.05) is 12.2 Å². The Morgan fingerprint density at radius 2 is 1.76 bits per heavy atom. The van der Waals surface area contributed by atoms with E-state index in [1.807, 2.05) is 49.1 Å². The predicted molar refractivity (Wildman–Crippen MR) is 113 cm³/mol. The molecule has 0 spiro atoms. The molecule has 0 unspecified atom stereocenters. The topological polar surface area (TPSA) is 62.1 Å². The summed E-state index contributed by atoms with van der Waals surface area (Å²) in [5.74, 6) is 0.121. The van der Waals surface area contributed by atoms with Crippen LogP contribution < -0.4 is 9.80 Å². The molecule has 1 N–H and O–H groups in total. The molecule has 0 radical (unpaired) electrons. The SMILES string of the molecule is Cc1ccc(C)c(S(=O)(=O)N2CC[NH+](CC(=O)N3CCc4ccccc43)CC2)c1. The van der Waals surface area contributed by atoms with Crippen molar-refractivity contribution >= 4 is 21.6 Å². The van der Waals surface area contributed by atoms with Gasteiger partial charge in [0.2, 0.25) is 10.0 Å². The lowest BCUT2D eigenvalue weighted by atomic mass is 10.2. The van der Waals surface area contributed by atoms with E-state index in [1.165, 1.54) is 5.56 Å². The van der Waals surface area contributed by atoms with Crippen molar-refractivity contribution in [3.8, 4) is 0 Å². The van der Waals surface area contributed by atoms with Gasteiger partial charge in [-0.1, -0.05) is 30.3 Å².